The van der Waals surface area contributed by atoms with Crippen molar-refractivity contribution >= 4 is 34.6 Å². The van der Waals surface area contributed by atoms with Crippen LogP contribution in [-0.2, 0) is 6.61 Å². The fourth-order valence-electron chi connectivity index (χ4n) is 2.37. The summed E-state index contributed by atoms with van der Waals surface area (Å²) < 4.78 is 10.8. The van der Waals surface area contributed by atoms with Gasteiger partial charge in [-0.15, -0.1) is 0 Å². The van der Waals surface area contributed by atoms with Crippen LogP contribution < -0.4 is 10.1 Å². The summed E-state index contributed by atoms with van der Waals surface area (Å²) in [5.41, 5.74) is -0.538. The Hall–Kier alpha value is -4.12. The standard InChI is InChI=1S/C18H12ClN3O8/c19-13-7-10(21(25)26)2-5-16(13)29-9-12-3-6-17(30-12)18(24)20-14-4-1-11(22(27)28)8-15(14)23/h1-8,23H,9H2,(H,20,24). The van der Waals surface area contributed by atoms with Crippen molar-refractivity contribution in [2.75, 3.05) is 5.32 Å². The largest absolute Gasteiger partial charge is 0.506 e. The van der Waals surface area contributed by atoms with E-state index in [0.717, 1.165) is 18.2 Å². The van der Waals surface area contributed by atoms with E-state index in [1.54, 1.807) is 0 Å². The van der Waals surface area contributed by atoms with Crippen LogP contribution in [0.15, 0.2) is 52.9 Å². The Bertz CT molecular complexity index is 1140. The molecule has 0 aliphatic carbocycles. The number of amides is 1. The number of non-ortho nitro benzene ring substituents is 2. The highest BCUT2D eigenvalue weighted by Crippen LogP contribution is 2.30. The van der Waals surface area contributed by atoms with Gasteiger partial charge in [0.1, 0.15) is 23.9 Å². The Morgan fingerprint density at radius 2 is 1.73 bits per heavy atom. The van der Waals surface area contributed by atoms with Crippen LogP contribution in [0.5, 0.6) is 11.5 Å². The first-order chi connectivity index (χ1) is 14.2. The predicted octanol–water partition coefficient (Wildman–Crippen LogP) is 4.29. The number of carbonyl (C=O) groups excluding carboxylic acids is 1. The van der Waals surface area contributed by atoms with Crippen molar-refractivity contribution in [1.29, 1.82) is 0 Å². The first-order valence-electron chi connectivity index (χ1n) is 8.19. The van der Waals surface area contributed by atoms with Crippen LogP contribution in [0.2, 0.25) is 5.02 Å². The Labute approximate surface area is 172 Å². The maximum Gasteiger partial charge on any atom is 0.291 e. The number of nitro benzene ring substituents is 2. The lowest BCUT2D eigenvalue weighted by molar-refractivity contribution is -0.385. The van der Waals surface area contributed by atoms with Crippen molar-refractivity contribution in [3.05, 3.63) is 85.3 Å². The van der Waals surface area contributed by atoms with Crippen molar-refractivity contribution in [2.24, 2.45) is 0 Å². The third-order valence-electron chi connectivity index (χ3n) is 3.82. The maximum atomic E-state index is 12.3. The summed E-state index contributed by atoms with van der Waals surface area (Å²) in [5.74, 6) is -0.802. The number of ether oxygens (including phenoxy) is 1. The summed E-state index contributed by atoms with van der Waals surface area (Å²) in [7, 11) is 0. The summed E-state index contributed by atoms with van der Waals surface area (Å²) in [5, 5.41) is 33.6. The minimum atomic E-state index is -0.696. The lowest BCUT2D eigenvalue weighted by atomic mass is 10.2. The Morgan fingerprint density at radius 1 is 1.07 bits per heavy atom. The summed E-state index contributed by atoms with van der Waals surface area (Å²) in [6, 6.07) is 9.80. The monoisotopic (exact) mass is 433 g/mol. The van der Waals surface area contributed by atoms with E-state index < -0.39 is 21.5 Å². The van der Waals surface area contributed by atoms with Gasteiger partial charge in [0.2, 0.25) is 0 Å². The van der Waals surface area contributed by atoms with E-state index in [1.165, 1.54) is 30.3 Å². The number of hydrogen-bond donors (Lipinski definition) is 2. The second-order valence-corrected chi connectivity index (χ2v) is 6.25. The van der Waals surface area contributed by atoms with Gasteiger partial charge in [0.15, 0.2) is 5.76 Å². The van der Waals surface area contributed by atoms with Gasteiger partial charge in [-0.05, 0) is 24.3 Å². The predicted molar refractivity (Wildman–Crippen MR) is 104 cm³/mol. The molecule has 1 aromatic heterocycles. The molecule has 0 saturated carbocycles. The molecule has 0 saturated heterocycles. The number of benzene rings is 2. The minimum absolute atomic E-state index is 0.0301. The van der Waals surface area contributed by atoms with E-state index in [0.29, 0.717) is 0 Å². The number of anilines is 1. The number of furan rings is 1. The summed E-state index contributed by atoms with van der Waals surface area (Å²) >= 11 is 5.94. The molecule has 0 bridgehead atoms. The van der Waals surface area contributed by atoms with Gasteiger partial charge < -0.3 is 19.6 Å². The molecule has 1 amide bonds. The summed E-state index contributed by atoms with van der Waals surface area (Å²) in [6.45, 7) is -0.104. The third kappa shape index (κ3) is 4.64. The zero-order chi connectivity index (χ0) is 21.8. The molecular formula is C18H12ClN3O8. The van der Waals surface area contributed by atoms with Gasteiger partial charge in [0.05, 0.1) is 26.6 Å². The Balaban J connectivity index is 1.64. The van der Waals surface area contributed by atoms with Gasteiger partial charge in [0, 0.05) is 18.2 Å². The van der Waals surface area contributed by atoms with Gasteiger partial charge in [0.25, 0.3) is 17.3 Å². The van der Waals surface area contributed by atoms with Crippen LogP contribution in [0, 0.1) is 20.2 Å². The van der Waals surface area contributed by atoms with Crippen LogP contribution in [0.25, 0.3) is 0 Å². The molecule has 0 radical (unpaired) electrons. The maximum absolute atomic E-state index is 12.3. The molecule has 12 heteroatoms. The quantitative estimate of drug-likeness (QED) is 0.317. The topological polar surface area (TPSA) is 158 Å². The zero-order valence-corrected chi connectivity index (χ0v) is 15.7. The molecule has 2 N–H and O–H groups in total. The number of phenolic OH excluding ortho intramolecular Hbond substituents is 1. The molecule has 2 aromatic carbocycles. The fraction of sp³-hybridized carbons (Fsp3) is 0.0556. The number of carbonyl (C=O) groups is 1. The number of halogens is 1. The van der Waals surface area contributed by atoms with E-state index >= 15 is 0 Å². The number of phenols is 1. The second-order valence-electron chi connectivity index (χ2n) is 5.84. The van der Waals surface area contributed by atoms with E-state index in [4.69, 9.17) is 20.8 Å². The Kier molecular flexibility index (Phi) is 5.83. The van der Waals surface area contributed by atoms with Gasteiger partial charge in [-0.25, -0.2) is 0 Å². The van der Waals surface area contributed by atoms with Crippen LogP contribution in [0.3, 0.4) is 0 Å². The SMILES string of the molecule is O=C(Nc1ccc([N+](=O)[O-])cc1O)c1ccc(COc2ccc([N+](=O)[O-])cc2Cl)o1. The fourth-order valence-corrected chi connectivity index (χ4v) is 2.60. The summed E-state index contributed by atoms with van der Waals surface area (Å²) in [4.78, 5) is 32.4. The second kappa shape index (κ2) is 8.49. The molecule has 30 heavy (non-hydrogen) atoms. The summed E-state index contributed by atoms with van der Waals surface area (Å²) in [6.07, 6.45) is 0. The molecule has 11 nitrogen and oxygen atoms in total. The number of hydrogen-bond acceptors (Lipinski definition) is 8. The van der Waals surface area contributed by atoms with Crippen LogP contribution >= 0.6 is 11.6 Å². The van der Waals surface area contributed by atoms with Crippen molar-refractivity contribution in [3.8, 4) is 11.5 Å². The van der Waals surface area contributed by atoms with Crippen molar-refractivity contribution in [2.45, 2.75) is 6.61 Å². The van der Waals surface area contributed by atoms with Crippen LogP contribution in [-0.4, -0.2) is 20.9 Å². The molecule has 1 heterocycles. The average molecular weight is 434 g/mol. The number of nitrogens with zero attached hydrogens (tertiary/aromatic N) is 2. The average Bonchev–Trinajstić information content (AvgIpc) is 3.17. The smallest absolute Gasteiger partial charge is 0.291 e. The highest BCUT2D eigenvalue weighted by molar-refractivity contribution is 6.32. The molecule has 0 atom stereocenters. The molecule has 0 aliphatic heterocycles. The van der Waals surface area contributed by atoms with Crippen LogP contribution in [0.4, 0.5) is 17.1 Å². The molecule has 154 valence electrons. The zero-order valence-electron chi connectivity index (χ0n) is 14.9. The van der Waals surface area contributed by atoms with Gasteiger partial charge in [-0.2, -0.15) is 0 Å². The van der Waals surface area contributed by atoms with E-state index in [1.807, 2.05) is 0 Å². The molecule has 3 rings (SSSR count). The number of nitro groups is 2. The molecule has 0 aliphatic rings. The van der Waals surface area contributed by atoms with E-state index in [-0.39, 0.29) is 46.0 Å². The molecule has 0 spiro atoms. The molecule has 0 fully saturated rings. The van der Waals surface area contributed by atoms with Crippen molar-refractivity contribution in [1.82, 2.24) is 0 Å². The van der Waals surface area contributed by atoms with Gasteiger partial charge in [-0.1, -0.05) is 11.6 Å². The number of aromatic hydroxyl groups is 1. The highest BCUT2D eigenvalue weighted by Gasteiger charge is 2.16. The van der Waals surface area contributed by atoms with Gasteiger partial charge >= 0.3 is 0 Å². The third-order valence-corrected chi connectivity index (χ3v) is 4.12. The van der Waals surface area contributed by atoms with Gasteiger partial charge in [-0.3, -0.25) is 25.0 Å². The minimum Gasteiger partial charge on any atom is -0.506 e. The molecule has 0 unspecified atom stereocenters. The number of rotatable bonds is 7. The first kappa shape index (κ1) is 20.6. The Morgan fingerprint density at radius 3 is 2.37 bits per heavy atom. The number of nitrogens with one attached hydrogen (secondary N) is 1. The highest BCUT2D eigenvalue weighted by atomic mass is 35.5. The van der Waals surface area contributed by atoms with E-state index in [2.05, 4.69) is 5.32 Å². The first-order valence-corrected chi connectivity index (χ1v) is 8.56. The molecular weight excluding hydrogens is 422 g/mol. The van der Waals surface area contributed by atoms with E-state index in [9.17, 15) is 30.1 Å². The normalized spacial score (nSPS) is 10.4. The van der Waals surface area contributed by atoms with Crippen molar-refractivity contribution in [3.63, 3.8) is 0 Å². The van der Waals surface area contributed by atoms with Crippen molar-refractivity contribution < 1.29 is 28.9 Å². The lowest BCUT2D eigenvalue weighted by Gasteiger charge is -2.07. The lowest BCUT2D eigenvalue weighted by Crippen LogP contribution is -2.11. The van der Waals surface area contributed by atoms with Crippen LogP contribution in [0.1, 0.15) is 16.3 Å². The molecule has 3 aromatic rings.